The maximum Gasteiger partial charge on any atom is 0.409 e. The second kappa shape index (κ2) is 5.31. The molecule has 21 heavy (non-hydrogen) atoms. The number of carbonyl (C=O) groups is 1. The Morgan fingerprint density at radius 2 is 2.10 bits per heavy atom. The van der Waals surface area contributed by atoms with E-state index >= 15 is 0 Å². The summed E-state index contributed by atoms with van der Waals surface area (Å²) in [4.78, 5) is 13.0. The third-order valence-electron chi connectivity index (χ3n) is 4.04. The molecular weight excluding hydrogens is 268 g/mol. The van der Waals surface area contributed by atoms with E-state index in [4.69, 9.17) is 5.11 Å². The number of rotatable bonds is 3. The lowest BCUT2D eigenvalue weighted by Gasteiger charge is -2.46. The largest absolute Gasteiger partial charge is 0.465 e. The van der Waals surface area contributed by atoms with Crippen LogP contribution in [-0.2, 0) is 12.0 Å². The number of nitrogens with one attached hydrogen (secondary N) is 1. The zero-order valence-electron chi connectivity index (χ0n) is 13.1. The second-order valence-corrected chi connectivity index (χ2v) is 6.85. The van der Waals surface area contributed by atoms with E-state index in [1.54, 1.807) is 6.07 Å². The summed E-state index contributed by atoms with van der Waals surface area (Å²) in [6.07, 6.45) is -0.196. The quantitative estimate of drug-likeness (QED) is 0.801. The van der Waals surface area contributed by atoms with Gasteiger partial charge in [-0.3, -0.25) is 10.2 Å². The minimum Gasteiger partial charge on any atom is -0.465 e. The van der Waals surface area contributed by atoms with Gasteiger partial charge in [-0.25, -0.2) is 4.79 Å². The molecule has 1 aliphatic rings. The highest BCUT2D eigenvalue weighted by Crippen LogP contribution is 2.36. The maximum atomic E-state index is 10.7. The molecule has 0 aliphatic carbocycles. The van der Waals surface area contributed by atoms with Gasteiger partial charge in [0.1, 0.15) is 0 Å². The Bertz CT molecular complexity index is 547. The topological polar surface area (TPSA) is 72.8 Å². The Morgan fingerprint density at radius 1 is 1.43 bits per heavy atom. The predicted octanol–water partition coefficient (Wildman–Crippen LogP) is 2.64. The number of benzene rings is 1. The van der Waals surface area contributed by atoms with Crippen molar-refractivity contribution in [2.45, 2.75) is 45.3 Å². The van der Waals surface area contributed by atoms with Crippen molar-refractivity contribution in [2.75, 3.05) is 18.4 Å². The molecule has 1 aromatic carbocycles. The van der Waals surface area contributed by atoms with Gasteiger partial charge in [-0.05, 0) is 57.4 Å². The zero-order valence-corrected chi connectivity index (χ0v) is 13.1. The van der Waals surface area contributed by atoms with Gasteiger partial charge in [-0.2, -0.15) is 0 Å². The first-order valence-electron chi connectivity index (χ1n) is 7.20. The molecule has 0 saturated carbocycles. The summed E-state index contributed by atoms with van der Waals surface area (Å²) in [5.74, 6) is 0. The van der Waals surface area contributed by atoms with Gasteiger partial charge in [0.05, 0.1) is 5.60 Å². The Balaban J connectivity index is 2.30. The van der Waals surface area contributed by atoms with E-state index in [0.29, 0.717) is 12.2 Å². The number of anilines is 1. The molecule has 0 atom stereocenters. The molecule has 116 valence electrons. The smallest absolute Gasteiger partial charge is 0.409 e. The molecule has 0 radical (unpaired) electrons. The third kappa shape index (κ3) is 3.54. The standard InChI is InChI=1S/C16H24N2O3/c1-15(2,21)10-18-8-7-11-9-12(17-14(19)20)5-6-13(11)16(18,3)4/h5-6,9,17,21H,7-8,10H2,1-4H3,(H,19,20). The molecule has 1 heterocycles. The molecule has 0 saturated heterocycles. The van der Waals surface area contributed by atoms with Crippen LogP contribution in [0.5, 0.6) is 0 Å². The van der Waals surface area contributed by atoms with Crippen molar-refractivity contribution in [3.63, 3.8) is 0 Å². The van der Waals surface area contributed by atoms with Crippen LogP contribution in [0.1, 0.15) is 38.8 Å². The summed E-state index contributed by atoms with van der Waals surface area (Å²) in [6, 6.07) is 5.69. The van der Waals surface area contributed by atoms with Crippen molar-refractivity contribution in [1.29, 1.82) is 0 Å². The first-order chi connectivity index (χ1) is 9.59. The average Bonchev–Trinajstić information content (AvgIpc) is 2.30. The molecule has 3 N–H and O–H groups in total. The Hall–Kier alpha value is -1.59. The fraction of sp³-hybridized carbons (Fsp3) is 0.562. The highest BCUT2D eigenvalue weighted by Gasteiger charge is 2.36. The molecule has 0 bridgehead atoms. The highest BCUT2D eigenvalue weighted by atomic mass is 16.4. The van der Waals surface area contributed by atoms with Crippen LogP contribution in [-0.4, -0.2) is 39.9 Å². The van der Waals surface area contributed by atoms with Crippen LogP contribution in [0.4, 0.5) is 10.5 Å². The summed E-state index contributed by atoms with van der Waals surface area (Å²) in [6.45, 7) is 9.37. The zero-order chi connectivity index (χ0) is 15.8. The summed E-state index contributed by atoms with van der Waals surface area (Å²) in [7, 11) is 0. The molecule has 0 aromatic heterocycles. The number of aliphatic hydroxyl groups is 1. The lowest BCUT2D eigenvalue weighted by molar-refractivity contribution is -0.00738. The summed E-state index contributed by atoms with van der Waals surface area (Å²) in [5, 5.41) is 21.3. The van der Waals surface area contributed by atoms with Crippen LogP contribution < -0.4 is 5.32 Å². The number of amides is 1. The third-order valence-corrected chi connectivity index (χ3v) is 4.04. The highest BCUT2D eigenvalue weighted by molar-refractivity contribution is 5.83. The summed E-state index contributed by atoms with van der Waals surface area (Å²) in [5.41, 5.74) is 2.04. The minimum atomic E-state index is -1.05. The van der Waals surface area contributed by atoms with Crippen LogP contribution in [0.15, 0.2) is 18.2 Å². The van der Waals surface area contributed by atoms with Gasteiger partial charge >= 0.3 is 6.09 Å². The van der Waals surface area contributed by atoms with Gasteiger partial charge in [0, 0.05) is 24.3 Å². The predicted molar refractivity (Wildman–Crippen MR) is 82.7 cm³/mol. The molecular formula is C16H24N2O3. The molecule has 5 nitrogen and oxygen atoms in total. The Labute approximate surface area is 125 Å². The number of carboxylic acid groups (broad SMARTS) is 1. The molecule has 1 aromatic rings. The maximum absolute atomic E-state index is 10.7. The number of nitrogens with zero attached hydrogens (tertiary/aromatic N) is 1. The monoisotopic (exact) mass is 292 g/mol. The first kappa shape index (κ1) is 15.8. The van der Waals surface area contributed by atoms with E-state index in [9.17, 15) is 9.90 Å². The molecule has 1 aliphatic heterocycles. The van der Waals surface area contributed by atoms with Crippen molar-refractivity contribution >= 4 is 11.8 Å². The fourth-order valence-electron chi connectivity index (χ4n) is 3.05. The van der Waals surface area contributed by atoms with Gasteiger partial charge < -0.3 is 10.2 Å². The van der Waals surface area contributed by atoms with Crippen molar-refractivity contribution < 1.29 is 15.0 Å². The van der Waals surface area contributed by atoms with E-state index in [-0.39, 0.29) is 5.54 Å². The summed E-state index contributed by atoms with van der Waals surface area (Å²) >= 11 is 0. The molecule has 1 amide bonds. The lowest BCUT2D eigenvalue weighted by Crippen LogP contribution is -2.51. The van der Waals surface area contributed by atoms with Crippen LogP contribution in [0, 0.1) is 0 Å². The van der Waals surface area contributed by atoms with Crippen LogP contribution in [0.3, 0.4) is 0 Å². The van der Waals surface area contributed by atoms with E-state index in [2.05, 4.69) is 24.1 Å². The van der Waals surface area contributed by atoms with Crippen LogP contribution in [0.2, 0.25) is 0 Å². The average molecular weight is 292 g/mol. The molecule has 0 spiro atoms. The minimum absolute atomic E-state index is 0.185. The van der Waals surface area contributed by atoms with E-state index in [0.717, 1.165) is 13.0 Å². The Morgan fingerprint density at radius 3 is 2.67 bits per heavy atom. The fourth-order valence-corrected chi connectivity index (χ4v) is 3.05. The van der Waals surface area contributed by atoms with Crippen molar-refractivity contribution in [1.82, 2.24) is 4.90 Å². The molecule has 5 heteroatoms. The van der Waals surface area contributed by atoms with Gasteiger partial charge in [-0.15, -0.1) is 0 Å². The number of β-amino-alcohol motifs (C(OH)–C–C–N with tert-alkyl or cyclic N) is 1. The van der Waals surface area contributed by atoms with Crippen LogP contribution >= 0.6 is 0 Å². The SMILES string of the molecule is CC(C)(O)CN1CCc2cc(NC(=O)O)ccc2C1(C)C. The van der Waals surface area contributed by atoms with Gasteiger partial charge in [0.25, 0.3) is 0 Å². The molecule has 0 unspecified atom stereocenters. The summed E-state index contributed by atoms with van der Waals surface area (Å²) < 4.78 is 0. The lowest BCUT2D eigenvalue weighted by atomic mass is 9.82. The van der Waals surface area contributed by atoms with Crippen molar-refractivity contribution in [3.8, 4) is 0 Å². The van der Waals surface area contributed by atoms with Crippen LogP contribution in [0.25, 0.3) is 0 Å². The van der Waals surface area contributed by atoms with Gasteiger partial charge in [-0.1, -0.05) is 6.07 Å². The second-order valence-electron chi connectivity index (χ2n) is 6.85. The van der Waals surface area contributed by atoms with Crippen molar-refractivity contribution in [3.05, 3.63) is 29.3 Å². The van der Waals surface area contributed by atoms with Crippen molar-refractivity contribution in [2.24, 2.45) is 0 Å². The Kier molecular flexibility index (Phi) is 4.00. The van der Waals surface area contributed by atoms with E-state index in [1.807, 2.05) is 26.0 Å². The van der Waals surface area contributed by atoms with Gasteiger partial charge in [0.2, 0.25) is 0 Å². The molecule has 0 fully saturated rings. The molecule has 2 rings (SSSR count). The number of fused-ring (bicyclic) bond motifs is 1. The number of hydrogen-bond donors (Lipinski definition) is 3. The first-order valence-corrected chi connectivity index (χ1v) is 7.20. The number of hydrogen-bond acceptors (Lipinski definition) is 3. The van der Waals surface area contributed by atoms with E-state index < -0.39 is 11.7 Å². The van der Waals surface area contributed by atoms with Gasteiger partial charge in [0.15, 0.2) is 0 Å². The van der Waals surface area contributed by atoms with E-state index in [1.165, 1.54) is 11.1 Å². The normalized spacial score (nSPS) is 18.1.